The van der Waals surface area contributed by atoms with Crippen LogP contribution in [0.2, 0.25) is 0 Å². The highest BCUT2D eigenvalue weighted by Crippen LogP contribution is 2.48. The zero-order valence-electron chi connectivity index (χ0n) is 19.0. The normalized spacial score (nSPS) is 28.7. The number of halogens is 2. The predicted octanol–water partition coefficient (Wildman–Crippen LogP) is 4.24. The number of nitrogens with zero attached hydrogens (tertiary/aromatic N) is 3. The van der Waals surface area contributed by atoms with Gasteiger partial charge in [-0.25, -0.2) is 4.98 Å². The minimum atomic E-state index is -3.68. The van der Waals surface area contributed by atoms with Gasteiger partial charge in [0.15, 0.2) is 11.5 Å². The lowest BCUT2D eigenvalue weighted by Crippen LogP contribution is -2.50. The summed E-state index contributed by atoms with van der Waals surface area (Å²) in [7, 11) is 0. The molecule has 1 aromatic carbocycles. The number of nitriles is 1. The van der Waals surface area contributed by atoms with Crippen LogP contribution in [0.1, 0.15) is 50.2 Å². The van der Waals surface area contributed by atoms with Crippen LogP contribution in [-0.2, 0) is 6.54 Å². The van der Waals surface area contributed by atoms with E-state index in [-0.39, 0.29) is 29.4 Å². The van der Waals surface area contributed by atoms with Gasteiger partial charge in [0.05, 0.1) is 6.20 Å². The third kappa shape index (κ3) is 4.44. The minimum absolute atomic E-state index is 0.0130. The third-order valence-electron chi connectivity index (χ3n) is 7.29. The molecule has 4 N–H and O–H groups in total. The van der Waals surface area contributed by atoms with E-state index < -0.39 is 6.29 Å². The van der Waals surface area contributed by atoms with Gasteiger partial charge in [0, 0.05) is 24.7 Å². The Balaban J connectivity index is 1.27. The van der Waals surface area contributed by atoms with Crippen molar-refractivity contribution in [2.24, 2.45) is 23.0 Å². The Kier molecular flexibility index (Phi) is 5.68. The van der Waals surface area contributed by atoms with E-state index in [1.807, 2.05) is 0 Å². The predicted molar refractivity (Wildman–Crippen MR) is 121 cm³/mol. The first kappa shape index (κ1) is 22.6. The van der Waals surface area contributed by atoms with Gasteiger partial charge in [-0.15, -0.1) is 8.78 Å². The molecule has 0 amide bonds. The van der Waals surface area contributed by atoms with Crippen molar-refractivity contribution in [3.63, 3.8) is 0 Å². The lowest BCUT2D eigenvalue weighted by Gasteiger charge is -2.49. The summed E-state index contributed by atoms with van der Waals surface area (Å²) in [5.41, 5.74) is 7.36. The molecule has 2 aromatic rings. The average molecular weight is 471 g/mol. The number of nitrogens with two attached hydrogens (primary N) is 1. The Labute approximate surface area is 196 Å². The van der Waals surface area contributed by atoms with E-state index in [9.17, 15) is 14.0 Å². The summed E-state index contributed by atoms with van der Waals surface area (Å²) in [4.78, 5) is 8.68. The van der Waals surface area contributed by atoms with Gasteiger partial charge in [0.1, 0.15) is 17.5 Å². The van der Waals surface area contributed by atoms with Crippen LogP contribution in [0.15, 0.2) is 24.4 Å². The molecular formula is C24H28F2N6O2. The summed E-state index contributed by atoms with van der Waals surface area (Å²) in [6.45, 7) is 3.11. The Morgan fingerprint density at radius 2 is 1.97 bits per heavy atom. The molecule has 2 fully saturated rings. The molecule has 1 aromatic heterocycles. The van der Waals surface area contributed by atoms with Crippen LogP contribution < -0.4 is 25.8 Å². The van der Waals surface area contributed by atoms with Gasteiger partial charge in [-0.1, -0.05) is 25.5 Å². The molecule has 5 rings (SSSR count). The second kappa shape index (κ2) is 8.55. The fraction of sp³-hybridized carbons (Fsp3) is 0.542. The molecule has 2 heterocycles. The molecule has 8 nitrogen and oxygen atoms in total. The van der Waals surface area contributed by atoms with Gasteiger partial charge in [0.25, 0.3) is 0 Å². The van der Waals surface area contributed by atoms with Gasteiger partial charge >= 0.3 is 6.29 Å². The van der Waals surface area contributed by atoms with Crippen LogP contribution in [0.5, 0.6) is 11.5 Å². The molecule has 0 spiro atoms. The average Bonchev–Trinajstić information content (AvgIpc) is 3.12. The standard InChI is InChI=1S/C24H28F2N6O2/c1-23(8-14-4-2-5-15(9-23)19(14)28)13-31-21-17(10-27)12-30-22(32-21)29-11-16-6-3-7-18-20(16)34-24(25,26)33-18/h3,6-7,12,14-15,19H,2,4-5,8-9,11,13,28H2,1H3,(H2,29,30,31,32)/t14-,15+,19?,23?. The monoisotopic (exact) mass is 470 g/mol. The van der Waals surface area contributed by atoms with Crippen molar-refractivity contribution in [3.8, 4) is 17.6 Å². The number of aromatic nitrogens is 2. The Morgan fingerprint density at radius 1 is 1.21 bits per heavy atom. The third-order valence-corrected chi connectivity index (χ3v) is 7.29. The number of anilines is 2. The maximum atomic E-state index is 13.4. The second-order valence-electron chi connectivity index (χ2n) is 9.93. The topological polar surface area (TPSA) is 118 Å². The van der Waals surface area contributed by atoms with E-state index in [2.05, 4.69) is 43.1 Å². The first-order valence-electron chi connectivity index (χ1n) is 11.6. The number of para-hydroxylation sites is 1. The molecule has 4 atom stereocenters. The molecule has 3 aliphatic rings. The van der Waals surface area contributed by atoms with Crippen molar-refractivity contribution < 1.29 is 18.3 Å². The number of alkyl halides is 2. The highest BCUT2D eigenvalue weighted by atomic mass is 19.3. The van der Waals surface area contributed by atoms with Crippen molar-refractivity contribution in [1.29, 1.82) is 5.26 Å². The quantitative estimate of drug-likeness (QED) is 0.574. The highest BCUT2D eigenvalue weighted by molar-refractivity contribution is 5.54. The number of ether oxygens (including phenoxy) is 2. The first-order chi connectivity index (χ1) is 16.3. The van der Waals surface area contributed by atoms with E-state index in [0.717, 1.165) is 12.8 Å². The van der Waals surface area contributed by atoms with Gasteiger partial charge < -0.3 is 25.8 Å². The van der Waals surface area contributed by atoms with Crippen LogP contribution in [0, 0.1) is 28.6 Å². The summed E-state index contributed by atoms with van der Waals surface area (Å²) < 4.78 is 36.0. The van der Waals surface area contributed by atoms with Gasteiger partial charge in [0.2, 0.25) is 5.95 Å². The molecule has 2 bridgehead atoms. The molecule has 1 aliphatic heterocycles. The van der Waals surface area contributed by atoms with Crippen LogP contribution in [0.4, 0.5) is 20.5 Å². The Bertz CT molecular complexity index is 1110. The highest BCUT2D eigenvalue weighted by Gasteiger charge is 2.45. The molecule has 2 unspecified atom stereocenters. The van der Waals surface area contributed by atoms with E-state index in [1.165, 1.54) is 31.5 Å². The fourth-order valence-corrected chi connectivity index (χ4v) is 5.70. The molecule has 2 aliphatic carbocycles. The van der Waals surface area contributed by atoms with Crippen LogP contribution >= 0.6 is 0 Å². The Morgan fingerprint density at radius 3 is 2.71 bits per heavy atom. The van der Waals surface area contributed by atoms with E-state index >= 15 is 0 Å². The van der Waals surface area contributed by atoms with Crippen LogP contribution in [0.3, 0.4) is 0 Å². The van der Waals surface area contributed by atoms with Crippen molar-refractivity contribution in [1.82, 2.24) is 9.97 Å². The number of hydrogen-bond acceptors (Lipinski definition) is 8. The number of rotatable bonds is 6. The van der Waals surface area contributed by atoms with E-state index in [0.29, 0.717) is 41.4 Å². The first-order valence-corrected chi connectivity index (χ1v) is 11.6. The molecule has 2 saturated carbocycles. The summed E-state index contributed by atoms with van der Waals surface area (Å²) >= 11 is 0. The molecule has 34 heavy (non-hydrogen) atoms. The van der Waals surface area contributed by atoms with Crippen LogP contribution in [0.25, 0.3) is 0 Å². The lowest BCUT2D eigenvalue weighted by atomic mass is 9.59. The zero-order chi connectivity index (χ0) is 23.9. The van der Waals surface area contributed by atoms with Gasteiger partial charge in [-0.2, -0.15) is 10.2 Å². The molecule has 10 heteroatoms. The molecule has 0 saturated heterocycles. The van der Waals surface area contributed by atoms with Crippen molar-refractivity contribution >= 4 is 11.8 Å². The van der Waals surface area contributed by atoms with Gasteiger partial charge in [-0.05, 0) is 49.0 Å². The zero-order valence-corrected chi connectivity index (χ0v) is 19.0. The largest absolute Gasteiger partial charge is 0.586 e. The number of fused-ring (bicyclic) bond motifs is 3. The molecular weight excluding hydrogens is 442 g/mol. The number of nitrogens with one attached hydrogen (secondary N) is 2. The number of hydrogen-bond donors (Lipinski definition) is 3. The molecule has 180 valence electrons. The lowest BCUT2D eigenvalue weighted by molar-refractivity contribution is -0.286. The Hall–Kier alpha value is -3.19. The molecule has 0 radical (unpaired) electrons. The van der Waals surface area contributed by atoms with Crippen molar-refractivity contribution in [3.05, 3.63) is 35.5 Å². The number of benzene rings is 1. The summed E-state index contributed by atoms with van der Waals surface area (Å²) in [5.74, 6) is 1.79. The van der Waals surface area contributed by atoms with Crippen LogP contribution in [-0.4, -0.2) is 28.8 Å². The van der Waals surface area contributed by atoms with E-state index in [1.54, 1.807) is 12.1 Å². The van der Waals surface area contributed by atoms with Gasteiger partial charge in [-0.3, -0.25) is 0 Å². The maximum absolute atomic E-state index is 13.4. The summed E-state index contributed by atoms with van der Waals surface area (Å²) in [6.07, 6.45) is 3.51. The smallest absolute Gasteiger partial charge is 0.395 e. The van der Waals surface area contributed by atoms with E-state index in [4.69, 9.17) is 5.73 Å². The second-order valence-corrected chi connectivity index (χ2v) is 9.93. The summed E-state index contributed by atoms with van der Waals surface area (Å²) in [6, 6.07) is 7.12. The van der Waals surface area contributed by atoms with Crippen molar-refractivity contribution in [2.75, 3.05) is 17.2 Å². The summed E-state index contributed by atoms with van der Waals surface area (Å²) in [5, 5.41) is 15.9. The SMILES string of the molecule is CC1(CNc2nc(NCc3cccc4c3OC(F)(F)O4)ncc2C#N)C[C@H]2CCC[C@@H](C1)C2N. The maximum Gasteiger partial charge on any atom is 0.586 e. The minimum Gasteiger partial charge on any atom is -0.395 e. The van der Waals surface area contributed by atoms with Crippen molar-refractivity contribution in [2.45, 2.75) is 57.9 Å². The fourth-order valence-electron chi connectivity index (χ4n) is 5.70.